The molecule has 0 spiro atoms. The Kier molecular flexibility index (Phi) is 2.01. The molecular weight excluding hydrogens is 158 g/mol. The van der Waals surface area contributed by atoms with Crippen molar-refractivity contribution in [2.75, 3.05) is 6.54 Å². The third-order valence-electron chi connectivity index (χ3n) is 2.20. The summed E-state index contributed by atoms with van der Waals surface area (Å²) in [6, 6.07) is 8.47. The lowest BCUT2D eigenvalue weighted by Gasteiger charge is -1.99. The van der Waals surface area contributed by atoms with E-state index in [1.165, 1.54) is 16.7 Å². The molecule has 1 heterocycles. The molecule has 1 aliphatic rings. The highest BCUT2D eigenvalue weighted by Gasteiger charge is 2.06. The molecule has 0 saturated heterocycles. The molecule has 1 nitrogen and oxygen atoms in total. The van der Waals surface area contributed by atoms with E-state index >= 15 is 0 Å². The van der Waals surface area contributed by atoms with Gasteiger partial charge in [0.05, 0.1) is 12.3 Å². The number of rotatable bonds is 1. The average molecular weight is 171 g/mol. The molecule has 0 fully saturated rings. The average Bonchev–Trinajstić information content (AvgIpc) is 2.52. The van der Waals surface area contributed by atoms with Gasteiger partial charge in [0.25, 0.3) is 0 Å². The van der Waals surface area contributed by atoms with Crippen LogP contribution in [0.2, 0.25) is 0 Å². The Morgan fingerprint density at radius 1 is 1.23 bits per heavy atom. The van der Waals surface area contributed by atoms with E-state index in [1.807, 2.05) is 0 Å². The van der Waals surface area contributed by atoms with Gasteiger partial charge in [-0.3, -0.25) is 4.99 Å². The number of nitrogens with zero attached hydrogens (tertiary/aromatic N) is 1. The van der Waals surface area contributed by atoms with Crippen molar-refractivity contribution < 1.29 is 0 Å². The molecule has 1 aromatic carbocycles. The Morgan fingerprint density at radius 2 is 2.08 bits per heavy atom. The predicted molar refractivity (Wildman–Crippen MR) is 56.3 cm³/mol. The lowest BCUT2D eigenvalue weighted by molar-refractivity contribution is 1.18. The van der Waals surface area contributed by atoms with E-state index in [4.69, 9.17) is 0 Å². The minimum absolute atomic E-state index is 0.864. The number of hydrogen-bond acceptors (Lipinski definition) is 1. The van der Waals surface area contributed by atoms with Crippen LogP contribution in [0.4, 0.5) is 0 Å². The van der Waals surface area contributed by atoms with Crippen LogP contribution in [0.5, 0.6) is 0 Å². The van der Waals surface area contributed by atoms with Crippen LogP contribution in [0.25, 0.3) is 0 Å². The van der Waals surface area contributed by atoms with Crippen molar-refractivity contribution in [1.82, 2.24) is 0 Å². The van der Waals surface area contributed by atoms with Crippen molar-refractivity contribution in [3.05, 3.63) is 47.0 Å². The maximum Gasteiger partial charge on any atom is 0.0650 e. The standard InChI is InChI=1S/C12H13N/c1-9-4-3-5-11(6-9)12-7-10(2)8-13-12/h3-7H,8H2,1-2H3. The van der Waals surface area contributed by atoms with Gasteiger partial charge in [0, 0.05) is 0 Å². The summed E-state index contributed by atoms with van der Waals surface area (Å²) in [6.45, 7) is 5.09. The summed E-state index contributed by atoms with van der Waals surface area (Å²) >= 11 is 0. The quantitative estimate of drug-likeness (QED) is 0.616. The largest absolute Gasteiger partial charge is 0.280 e. The fraction of sp³-hybridized carbons (Fsp3) is 0.250. The Balaban J connectivity index is 2.37. The van der Waals surface area contributed by atoms with Crippen molar-refractivity contribution in [3.8, 4) is 0 Å². The van der Waals surface area contributed by atoms with Gasteiger partial charge in [-0.2, -0.15) is 0 Å². The van der Waals surface area contributed by atoms with Gasteiger partial charge in [-0.25, -0.2) is 0 Å². The molecule has 0 N–H and O–H groups in total. The molecule has 0 amide bonds. The first kappa shape index (κ1) is 8.24. The van der Waals surface area contributed by atoms with E-state index in [2.05, 4.69) is 49.2 Å². The van der Waals surface area contributed by atoms with E-state index in [9.17, 15) is 0 Å². The van der Waals surface area contributed by atoms with Crippen LogP contribution in [0.1, 0.15) is 18.1 Å². The van der Waals surface area contributed by atoms with Crippen LogP contribution in [0.15, 0.2) is 40.9 Å². The number of allylic oxidation sites excluding steroid dienone is 1. The van der Waals surface area contributed by atoms with Crippen LogP contribution in [-0.2, 0) is 0 Å². The molecular formula is C12H13N. The maximum atomic E-state index is 4.45. The van der Waals surface area contributed by atoms with Crippen molar-refractivity contribution in [2.24, 2.45) is 4.99 Å². The molecule has 0 atom stereocenters. The van der Waals surface area contributed by atoms with Gasteiger partial charge in [-0.05, 0) is 37.1 Å². The van der Waals surface area contributed by atoms with E-state index in [0.717, 1.165) is 12.3 Å². The van der Waals surface area contributed by atoms with Crippen molar-refractivity contribution in [2.45, 2.75) is 13.8 Å². The molecule has 0 aliphatic carbocycles. The van der Waals surface area contributed by atoms with Gasteiger partial charge in [-0.1, -0.05) is 23.8 Å². The van der Waals surface area contributed by atoms with Crippen LogP contribution in [0, 0.1) is 6.92 Å². The monoisotopic (exact) mass is 171 g/mol. The topological polar surface area (TPSA) is 12.4 Å². The zero-order valence-corrected chi connectivity index (χ0v) is 8.04. The van der Waals surface area contributed by atoms with Gasteiger partial charge in [-0.15, -0.1) is 0 Å². The molecule has 0 saturated carbocycles. The Bertz CT molecular complexity index is 386. The fourth-order valence-corrected chi connectivity index (χ4v) is 1.51. The molecule has 1 heteroatoms. The smallest absolute Gasteiger partial charge is 0.0650 e. The summed E-state index contributed by atoms with van der Waals surface area (Å²) in [6.07, 6.45) is 2.16. The molecule has 0 unspecified atom stereocenters. The van der Waals surface area contributed by atoms with Gasteiger partial charge in [0.1, 0.15) is 0 Å². The highest BCUT2D eigenvalue weighted by atomic mass is 14.8. The molecule has 66 valence electrons. The number of benzene rings is 1. The number of aryl methyl sites for hydroxylation is 1. The summed E-state index contributed by atoms with van der Waals surface area (Å²) in [5, 5.41) is 0. The third-order valence-corrected chi connectivity index (χ3v) is 2.20. The van der Waals surface area contributed by atoms with E-state index in [-0.39, 0.29) is 0 Å². The second kappa shape index (κ2) is 3.17. The van der Waals surface area contributed by atoms with Crippen LogP contribution >= 0.6 is 0 Å². The minimum atomic E-state index is 0.864. The highest BCUT2D eigenvalue weighted by Crippen LogP contribution is 2.12. The van der Waals surface area contributed by atoms with Crippen LogP contribution < -0.4 is 0 Å². The highest BCUT2D eigenvalue weighted by molar-refractivity contribution is 6.10. The summed E-state index contributed by atoms with van der Waals surface area (Å²) < 4.78 is 0. The van der Waals surface area contributed by atoms with Crippen molar-refractivity contribution in [3.63, 3.8) is 0 Å². The Morgan fingerprint density at radius 3 is 2.69 bits per heavy atom. The van der Waals surface area contributed by atoms with Crippen molar-refractivity contribution in [1.29, 1.82) is 0 Å². The molecule has 2 rings (SSSR count). The normalized spacial score (nSPS) is 15.5. The van der Waals surface area contributed by atoms with Gasteiger partial charge in [0.15, 0.2) is 0 Å². The first-order valence-corrected chi connectivity index (χ1v) is 4.54. The summed E-state index contributed by atoms with van der Waals surface area (Å²) in [4.78, 5) is 4.45. The van der Waals surface area contributed by atoms with E-state index < -0.39 is 0 Å². The Hall–Kier alpha value is -1.37. The molecule has 0 aromatic heterocycles. The second-order valence-electron chi connectivity index (χ2n) is 3.56. The molecule has 1 aliphatic heterocycles. The lowest BCUT2D eigenvalue weighted by Crippen LogP contribution is -1.93. The molecule has 1 aromatic rings. The molecule has 13 heavy (non-hydrogen) atoms. The predicted octanol–water partition coefficient (Wildman–Crippen LogP) is 2.74. The van der Waals surface area contributed by atoms with Crippen molar-refractivity contribution >= 4 is 5.71 Å². The summed E-state index contributed by atoms with van der Waals surface area (Å²) in [5.41, 5.74) is 4.99. The third kappa shape index (κ3) is 1.69. The van der Waals surface area contributed by atoms with Crippen LogP contribution in [-0.4, -0.2) is 12.3 Å². The SMILES string of the molecule is CC1=CC(c2cccc(C)c2)=NC1. The first-order valence-electron chi connectivity index (χ1n) is 4.54. The fourth-order valence-electron chi connectivity index (χ4n) is 1.51. The molecule has 0 radical (unpaired) electrons. The zero-order valence-electron chi connectivity index (χ0n) is 8.04. The zero-order chi connectivity index (χ0) is 9.26. The molecule has 0 bridgehead atoms. The van der Waals surface area contributed by atoms with Crippen LogP contribution in [0.3, 0.4) is 0 Å². The van der Waals surface area contributed by atoms with Gasteiger partial charge < -0.3 is 0 Å². The maximum absolute atomic E-state index is 4.45. The van der Waals surface area contributed by atoms with E-state index in [1.54, 1.807) is 0 Å². The second-order valence-corrected chi connectivity index (χ2v) is 3.56. The number of aliphatic imine (C=N–C) groups is 1. The van der Waals surface area contributed by atoms with E-state index in [0.29, 0.717) is 0 Å². The number of hydrogen-bond donors (Lipinski definition) is 0. The minimum Gasteiger partial charge on any atom is -0.280 e. The van der Waals surface area contributed by atoms with Gasteiger partial charge >= 0.3 is 0 Å². The summed E-state index contributed by atoms with van der Waals surface area (Å²) in [7, 11) is 0. The lowest BCUT2D eigenvalue weighted by atomic mass is 10.1. The Labute approximate surface area is 78.8 Å². The summed E-state index contributed by atoms with van der Waals surface area (Å²) in [5.74, 6) is 0. The van der Waals surface area contributed by atoms with Gasteiger partial charge in [0.2, 0.25) is 0 Å². The first-order chi connectivity index (χ1) is 6.25.